The molecule has 3 aromatic rings. The van der Waals surface area contributed by atoms with Crippen LogP contribution in [0, 0.1) is 0 Å². The zero-order chi connectivity index (χ0) is 12.4. The minimum atomic E-state index is 0.712. The van der Waals surface area contributed by atoms with E-state index in [0.717, 1.165) is 22.4 Å². The molecule has 4 nitrogen and oxygen atoms in total. The molecule has 0 fully saturated rings. The lowest BCUT2D eigenvalue weighted by Crippen LogP contribution is -1.96. The summed E-state index contributed by atoms with van der Waals surface area (Å²) in [7, 11) is 0. The van der Waals surface area contributed by atoms with Crippen molar-refractivity contribution in [1.29, 1.82) is 0 Å². The van der Waals surface area contributed by atoms with Gasteiger partial charge in [0.15, 0.2) is 5.65 Å². The minimum Gasteiger partial charge on any atom is -0.397 e. The standard InChI is InChI=1S/C14H12N4/c15-12-5-1-2-6-13(12)18-11-8-10-4-3-7-16-14(10)17-9-11/h1-9,18H,15H2. The van der Waals surface area contributed by atoms with E-state index in [1.165, 1.54) is 0 Å². The van der Waals surface area contributed by atoms with E-state index in [9.17, 15) is 0 Å². The third-order valence-corrected chi connectivity index (χ3v) is 2.69. The van der Waals surface area contributed by atoms with Gasteiger partial charge in [0, 0.05) is 11.6 Å². The van der Waals surface area contributed by atoms with Gasteiger partial charge in [-0.05, 0) is 30.3 Å². The van der Waals surface area contributed by atoms with Crippen molar-refractivity contribution in [2.45, 2.75) is 0 Å². The lowest BCUT2D eigenvalue weighted by molar-refractivity contribution is 1.28. The van der Waals surface area contributed by atoms with E-state index < -0.39 is 0 Å². The predicted octanol–water partition coefficient (Wildman–Crippen LogP) is 2.96. The average Bonchev–Trinajstić information content (AvgIpc) is 2.41. The molecule has 0 aliphatic rings. The van der Waals surface area contributed by atoms with Gasteiger partial charge in [-0.1, -0.05) is 12.1 Å². The minimum absolute atomic E-state index is 0.712. The summed E-state index contributed by atoms with van der Waals surface area (Å²) in [5, 5.41) is 4.25. The molecule has 0 spiro atoms. The summed E-state index contributed by atoms with van der Waals surface area (Å²) in [6, 6.07) is 13.5. The maximum Gasteiger partial charge on any atom is 0.159 e. The Morgan fingerprint density at radius 1 is 1.00 bits per heavy atom. The lowest BCUT2D eigenvalue weighted by Gasteiger charge is -2.09. The zero-order valence-electron chi connectivity index (χ0n) is 9.67. The molecule has 0 atom stereocenters. The van der Waals surface area contributed by atoms with Crippen LogP contribution in [0.1, 0.15) is 0 Å². The van der Waals surface area contributed by atoms with Crippen molar-refractivity contribution in [3.05, 3.63) is 54.9 Å². The van der Waals surface area contributed by atoms with Crippen molar-refractivity contribution < 1.29 is 0 Å². The first-order chi connectivity index (χ1) is 8.83. The highest BCUT2D eigenvalue weighted by atomic mass is 14.9. The second kappa shape index (κ2) is 4.33. The normalized spacial score (nSPS) is 10.4. The molecule has 2 aromatic heterocycles. The Morgan fingerprint density at radius 3 is 2.78 bits per heavy atom. The van der Waals surface area contributed by atoms with Crippen LogP contribution in [-0.4, -0.2) is 9.97 Å². The van der Waals surface area contributed by atoms with Crippen LogP contribution in [0.25, 0.3) is 11.0 Å². The smallest absolute Gasteiger partial charge is 0.159 e. The third kappa shape index (κ3) is 1.96. The molecule has 1 aromatic carbocycles. The van der Waals surface area contributed by atoms with Crippen LogP contribution in [0.2, 0.25) is 0 Å². The predicted molar refractivity (Wildman–Crippen MR) is 73.7 cm³/mol. The first-order valence-corrected chi connectivity index (χ1v) is 5.65. The number of nitrogens with one attached hydrogen (secondary N) is 1. The van der Waals surface area contributed by atoms with Gasteiger partial charge in [0.2, 0.25) is 0 Å². The van der Waals surface area contributed by atoms with E-state index in [1.54, 1.807) is 12.4 Å². The van der Waals surface area contributed by atoms with Crippen molar-refractivity contribution >= 4 is 28.1 Å². The van der Waals surface area contributed by atoms with Crippen molar-refractivity contribution in [3.63, 3.8) is 0 Å². The summed E-state index contributed by atoms with van der Waals surface area (Å²) < 4.78 is 0. The van der Waals surface area contributed by atoms with Crippen molar-refractivity contribution in [2.24, 2.45) is 0 Å². The molecule has 0 bridgehead atoms. The fraction of sp³-hybridized carbons (Fsp3) is 0. The highest BCUT2D eigenvalue weighted by Crippen LogP contribution is 2.23. The second-order valence-electron chi connectivity index (χ2n) is 3.99. The molecule has 0 saturated carbocycles. The van der Waals surface area contributed by atoms with Gasteiger partial charge in [-0.3, -0.25) is 0 Å². The summed E-state index contributed by atoms with van der Waals surface area (Å²) in [6.07, 6.45) is 3.49. The first kappa shape index (κ1) is 10.5. The summed E-state index contributed by atoms with van der Waals surface area (Å²) in [5.41, 5.74) is 9.11. The maximum absolute atomic E-state index is 5.89. The Labute approximate surface area is 104 Å². The molecule has 0 aliphatic carbocycles. The first-order valence-electron chi connectivity index (χ1n) is 5.65. The molecule has 0 unspecified atom stereocenters. The summed E-state index contributed by atoms with van der Waals surface area (Å²) >= 11 is 0. The number of para-hydroxylation sites is 2. The van der Waals surface area contributed by atoms with Crippen LogP contribution in [0.4, 0.5) is 17.1 Å². The fourth-order valence-electron chi connectivity index (χ4n) is 1.80. The Morgan fingerprint density at radius 2 is 1.89 bits per heavy atom. The number of fused-ring (bicyclic) bond motifs is 1. The number of benzene rings is 1. The number of hydrogen-bond acceptors (Lipinski definition) is 4. The molecule has 2 heterocycles. The lowest BCUT2D eigenvalue weighted by atomic mass is 10.2. The van der Waals surface area contributed by atoms with Crippen molar-refractivity contribution in [3.8, 4) is 0 Å². The maximum atomic E-state index is 5.89. The Bertz CT molecular complexity index is 694. The topological polar surface area (TPSA) is 63.8 Å². The molecule has 4 heteroatoms. The molecule has 3 rings (SSSR count). The molecule has 0 radical (unpaired) electrons. The molecule has 0 amide bonds. The van der Waals surface area contributed by atoms with Crippen LogP contribution in [0.3, 0.4) is 0 Å². The van der Waals surface area contributed by atoms with Crippen LogP contribution in [0.5, 0.6) is 0 Å². The number of hydrogen-bond donors (Lipinski definition) is 2. The van der Waals surface area contributed by atoms with Gasteiger partial charge in [0.05, 0.1) is 23.3 Å². The molecule has 0 saturated heterocycles. The largest absolute Gasteiger partial charge is 0.397 e. The number of anilines is 3. The second-order valence-corrected chi connectivity index (χ2v) is 3.99. The van der Waals surface area contributed by atoms with Gasteiger partial charge in [-0.2, -0.15) is 0 Å². The molecule has 18 heavy (non-hydrogen) atoms. The summed E-state index contributed by atoms with van der Waals surface area (Å²) in [4.78, 5) is 8.48. The number of pyridine rings is 2. The van der Waals surface area contributed by atoms with E-state index in [1.807, 2.05) is 42.5 Å². The highest BCUT2D eigenvalue weighted by molar-refractivity contribution is 5.81. The Hall–Kier alpha value is -2.62. The monoisotopic (exact) mass is 236 g/mol. The zero-order valence-corrected chi connectivity index (χ0v) is 9.67. The third-order valence-electron chi connectivity index (χ3n) is 2.69. The van der Waals surface area contributed by atoms with Crippen LogP contribution >= 0.6 is 0 Å². The van der Waals surface area contributed by atoms with E-state index in [4.69, 9.17) is 5.73 Å². The van der Waals surface area contributed by atoms with E-state index in [2.05, 4.69) is 15.3 Å². The number of aromatic nitrogens is 2. The van der Waals surface area contributed by atoms with E-state index in [-0.39, 0.29) is 0 Å². The quantitative estimate of drug-likeness (QED) is 0.671. The Balaban J connectivity index is 1.98. The molecule has 0 aliphatic heterocycles. The molecular weight excluding hydrogens is 224 g/mol. The van der Waals surface area contributed by atoms with Gasteiger partial charge in [-0.15, -0.1) is 0 Å². The molecule has 88 valence electrons. The van der Waals surface area contributed by atoms with Crippen LogP contribution in [-0.2, 0) is 0 Å². The number of nitrogen functional groups attached to an aromatic ring is 1. The highest BCUT2D eigenvalue weighted by Gasteiger charge is 2.01. The average molecular weight is 236 g/mol. The number of nitrogens with two attached hydrogens (primary N) is 1. The van der Waals surface area contributed by atoms with Gasteiger partial charge >= 0.3 is 0 Å². The fourth-order valence-corrected chi connectivity index (χ4v) is 1.80. The van der Waals surface area contributed by atoms with Gasteiger partial charge in [0.25, 0.3) is 0 Å². The van der Waals surface area contributed by atoms with Gasteiger partial charge < -0.3 is 11.1 Å². The van der Waals surface area contributed by atoms with Crippen LogP contribution in [0.15, 0.2) is 54.9 Å². The van der Waals surface area contributed by atoms with Crippen molar-refractivity contribution in [1.82, 2.24) is 9.97 Å². The molecular formula is C14H12N4. The SMILES string of the molecule is Nc1ccccc1Nc1cnc2ncccc2c1. The Kier molecular flexibility index (Phi) is 2.53. The number of nitrogens with zero attached hydrogens (tertiary/aromatic N) is 2. The molecule has 3 N–H and O–H groups in total. The van der Waals surface area contributed by atoms with E-state index >= 15 is 0 Å². The van der Waals surface area contributed by atoms with Crippen molar-refractivity contribution in [2.75, 3.05) is 11.1 Å². The van der Waals surface area contributed by atoms with Gasteiger partial charge in [0.1, 0.15) is 0 Å². The van der Waals surface area contributed by atoms with E-state index in [0.29, 0.717) is 5.69 Å². The van der Waals surface area contributed by atoms with Gasteiger partial charge in [-0.25, -0.2) is 9.97 Å². The summed E-state index contributed by atoms with van der Waals surface area (Å²) in [6.45, 7) is 0. The van der Waals surface area contributed by atoms with Crippen LogP contribution < -0.4 is 11.1 Å². The number of rotatable bonds is 2. The summed E-state index contributed by atoms with van der Waals surface area (Å²) in [5.74, 6) is 0.